The number of rotatable bonds is 5. The van der Waals surface area contributed by atoms with E-state index in [0.29, 0.717) is 38.4 Å². The van der Waals surface area contributed by atoms with E-state index in [0.717, 1.165) is 47.5 Å². The van der Waals surface area contributed by atoms with Crippen LogP contribution in [0.15, 0.2) is 54.6 Å². The molecule has 3 atom stereocenters. The first-order valence-corrected chi connectivity index (χ1v) is 14.7. The molecule has 2 aliphatic rings. The van der Waals surface area contributed by atoms with Gasteiger partial charge in [-0.3, -0.25) is 9.59 Å². The van der Waals surface area contributed by atoms with E-state index < -0.39 is 11.6 Å². The molecule has 0 radical (unpaired) electrons. The molecule has 1 amide bonds. The van der Waals surface area contributed by atoms with Crippen molar-refractivity contribution in [1.82, 2.24) is 10.2 Å². The van der Waals surface area contributed by atoms with Gasteiger partial charge in [0.05, 0.1) is 15.6 Å². The summed E-state index contributed by atoms with van der Waals surface area (Å²) in [5.41, 5.74) is 22.9. The van der Waals surface area contributed by atoms with Crippen molar-refractivity contribution in [2.24, 2.45) is 11.5 Å². The van der Waals surface area contributed by atoms with Gasteiger partial charge in [-0.15, -0.1) is 11.3 Å². The standard InChI is InChI=1S/C32H35N5O3S/c1-17-6-8-20(9-7-17)40-21-10-11-22(18(2)15-21)32(35)23-12-13-24(33)28-25(23)26(27(34)30(32)38)29(41-28)31(39)36-19-5-4-14-37(3)16-19/h6-13,15,19,27H,4-5,14,16,33-35H2,1-3H3,(H,36,39). The number of nitrogens with one attached hydrogen (secondary N) is 1. The van der Waals surface area contributed by atoms with Crippen molar-refractivity contribution in [2.75, 3.05) is 25.9 Å². The highest BCUT2D eigenvalue weighted by molar-refractivity contribution is 7.21. The van der Waals surface area contributed by atoms with Crippen LogP contribution in [0.4, 0.5) is 5.69 Å². The number of amides is 1. The van der Waals surface area contributed by atoms with Crippen LogP contribution in [0.1, 0.15) is 56.4 Å². The quantitative estimate of drug-likeness (QED) is 0.260. The number of aryl methyl sites for hydroxylation is 2. The maximum Gasteiger partial charge on any atom is 0.262 e. The van der Waals surface area contributed by atoms with Crippen molar-refractivity contribution in [3.63, 3.8) is 0 Å². The number of benzene rings is 3. The van der Waals surface area contributed by atoms with Crippen LogP contribution in [-0.2, 0) is 10.3 Å². The van der Waals surface area contributed by atoms with Crippen LogP contribution in [-0.4, -0.2) is 42.8 Å². The Balaban J connectivity index is 1.42. The average molecular weight is 570 g/mol. The lowest BCUT2D eigenvalue weighted by molar-refractivity contribution is -0.124. The number of thiophene rings is 1. The highest BCUT2D eigenvalue weighted by Crippen LogP contribution is 2.50. The SMILES string of the molecule is Cc1ccc(Oc2ccc(C3(N)C(=O)C(N)c4c(C(=O)NC5CCCN(C)C5)sc5c(N)ccc3c45)c(C)c2)cc1. The molecule has 2 heterocycles. The third kappa shape index (κ3) is 4.59. The van der Waals surface area contributed by atoms with E-state index in [1.54, 1.807) is 12.1 Å². The number of hydrogen-bond acceptors (Lipinski definition) is 8. The number of ketones is 1. The predicted octanol–water partition coefficient (Wildman–Crippen LogP) is 4.50. The van der Waals surface area contributed by atoms with Crippen LogP contribution >= 0.6 is 11.3 Å². The Kier molecular flexibility index (Phi) is 6.86. The zero-order valence-corrected chi connectivity index (χ0v) is 24.3. The molecule has 1 saturated heterocycles. The van der Waals surface area contributed by atoms with E-state index in [9.17, 15) is 9.59 Å². The second kappa shape index (κ2) is 10.3. The number of likely N-dealkylation sites (tertiary alicyclic amines) is 1. The van der Waals surface area contributed by atoms with E-state index in [-0.39, 0.29) is 17.7 Å². The number of likely N-dealkylation sites (N-methyl/N-ethyl adjacent to an activating group) is 1. The van der Waals surface area contributed by atoms with Gasteiger partial charge in [0.15, 0.2) is 5.78 Å². The van der Waals surface area contributed by atoms with Gasteiger partial charge >= 0.3 is 0 Å². The smallest absolute Gasteiger partial charge is 0.262 e. The fraction of sp³-hybridized carbons (Fsp3) is 0.312. The van der Waals surface area contributed by atoms with Crippen LogP contribution in [0.2, 0.25) is 0 Å². The lowest BCUT2D eigenvalue weighted by atomic mass is 9.69. The molecule has 3 unspecified atom stereocenters. The van der Waals surface area contributed by atoms with E-state index in [1.165, 1.54) is 11.3 Å². The highest BCUT2D eigenvalue weighted by Gasteiger charge is 2.49. The molecule has 4 aromatic rings. The van der Waals surface area contributed by atoms with Gasteiger partial charge in [-0.1, -0.05) is 29.8 Å². The van der Waals surface area contributed by atoms with Crippen molar-refractivity contribution in [3.05, 3.63) is 87.3 Å². The number of carbonyl (C=O) groups is 2. The predicted molar refractivity (Wildman–Crippen MR) is 164 cm³/mol. The Morgan fingerprint density at radius 2 is 1.78 bits per heavy atom. The first-order chi connectivity index (χ1) is 19.6. The number of Topliss-reactive ketones (excluding diaryl/α,β-unsaturated/α-hetero) is 1. The summed E-state index contributed by atoms with van der Waals surface area (Å²) in [6, 6.07) is 15.8. The number of nitrogen functional groups attached to an aromatic ring is 1. The molecule has 1 aromatic heterocycles. The number of piperidine rings is 1. The molecule has 7 N–H and O–H groups in total. The molecular formula is C32H35N5O3S. The Bertz CT molecular complexity index is 1680. The Hall–Kier alpha value is -3.76. The molecule has 1 aliphatic heterocycles. The van der Waals surface area contributed by atoms with Gasteiger partial charge in [0.25, 0.3) is 5.91 Å². The molecule has 212 valence electrons. The number of nitrogens with zero attached hydrogens (tertiary/aromatic N) is 1. The third-order valence-electron chi connectivity index (χ3n) is 8.36. The van der Waals surface area contributed by atoms with Crippen molar-refractivity contribution >= 4 is 38.8 Å². The number of anilines is 1. The maximum atomic E-state index is 14.2. The van der Waals surface area contributed by atoms with Crippen molar-refractivity contribution in [2.45, 2.75) is 44.3 Å². The fourth-order valence-electron chi connectivity index (χ4n) is 6.25. The van der Waals surface area contributed by atoms with Crippen LogP contribution in [0.3, 0.4) is 0 Å². The van der Waals surface area contributed by atoms with Crippen LogP contribution < -0.4 is 27.3 Å². The van der Waals surface area contributed by atoms with Gasteiger partial charge in [0.1, 0.15) is 17.0 Å². The Morgan fingerprint density at radius 3 is 2.49 bits per heavy atom. The van der Waals surface area contributed by atoms with Crippen molar-refractivity contribution in [3.8, 4) is 11.5 Å². The van der Waals surface area contributed by atoms with Crippen molar-refractivity contribution < 1.29 is 14.3 Å². The summed E-state index contributed by atoms with van der Waals surface area (Å²) in [4.78, 5) is 30.4. The summed E-state index contributed by atoms with van der Waals surface area (Å²) in [5, 5.41) is 3.87. The summed E-state index contributed by atoms with van der Waals surface area (Å²) in [6.07, 6.45) is 1.92. The number of hydrogen-bond donors (Lipinski definition) is 4. The molecule has 8 nitrogen and oxygen atoms in total. The highest BCUT2D eigenvalue weighted by atomic mass is 32.1. The molecule has 0 saturated carbocycles. The third-order valence-corrected chi connectivity index (χ3v) is 9.61. The van der Waals surface area contributed by atoms with Gasteiger partial charge in [0, 0.05) is 29.2 Å². The number of ether oxygens (including phenoxy) is 1. The first-order valence-electron chi connectivity index (χ1n) is 13.9. The fourth-order valence-corrected chi connectivity index (χ4v) is 7.45. The molecule has 0 spiro atoms. The second-order valence-corrected chi connectivity index (χ2v) is 12.4. The minimum atomic E-state index is -1.52. The van der Waals surface area contributed by atoms with E-state index in [4.69, 9.17) is 21.9 Å². The average Bonchev–Trinajstić information content (AvgIpc) is 3.35. The molecule has 6 rings (SSSR count). The lowest BCUT2D eigenvalue weighted by Gasteiger charge is -2.37. The van der Waals surface area contributed by atoms with Gasteiger partial charge in [-0.05, 0) is 87.3 Å². The first kappa shape index (κ1) is 27.4. The summed E-state index contributed by atoms with van der Waals surface area (Å²) < 4.78 is 6.77. The maximum absolute atomic E-state index is 14.2. The van der Waals surface area contributed by atoms with Crippen LogP contribution in [0.5, 0.6) is 11.5 Å². The normalized spacial score (nSPS) is 22.6. The van der Waals surface area contributed by atoms with Gasteiger partial charge < -0.3 is 32.2 Å². The zero-order chi connectivity index (χ0) is 29.1. The molecule has 1 aliphatic carbocycles. The minimum Gasteiger partial charge on any atom is -0.457 e. The molecule has 1 fully saturated rings. The second-order valence-electron chi connectivity index (χ2n) is 11.4. The molecule has 9 heteroatoms. The summed E-state index contributed by atoms with van der Waals surface area (Å²) in [6.45, 7) is 5.71. The lowest BCUT2D eigenvalue weighted by Crippen LogP contribution is -2.53. The topological polar surface area (TPSA) is 137 Å². The Labute approximate surface area is 243 Å². The van der Waals surface area contributed by atoms with E-state index >= 15 is 0 Å². The molecular weight excluding hydrogens is 534 g/mol. The van der Waals surface area contributed by atoms with Gasteiger partial charge in [0.2, 0.25) is 0 Å². The monoisotopic (exact) mass is 569 g/mol. The summed E-state index contributed by atoms with van der Waals surface area (Å²) >= 11 is 1.28. The largest absolute Gasteiger partial charge is 0.457 e. The summed E-state index contributed by atoms with van der Waals surface area (Å²) in [5.74, 6) is 0.761. The van der Waals surface area contributed by atoms with E-state index in [2.05, 4.69) is 10.2 Å². The Morgan fingerprint density at radius 1 is 1.07 bits per heavy atom. The van der Waals surface area contributed by atoms with Gasteiger partial charge in [-0.25, -0.2) is 0 Å². The zero-order valence-electron chi connectivity index (χ0n) is 23.5. The van der Waals surface area contributed by atoms with Crippen LogP contribution in [0, 0.1) is 13.8 Å². The molecule has 0 bridgehead atoms. The summed E-state index contributed by atoms with van der Waals surface area (Å²) in [7, 11) is 2.05. The van der Waals surface area contributed by atoms with E-state index in [1.807, 2.05) is 63.4 Å². The molecule has 3 aromatic carbocycles. The number of carbonyl (C=O) groups excluding carboxylic acids is 2. The van der Waals surface area contributed by atoms with Gasteiger partial charge in [-0.2, -0.15) is 0 Å². The van der Waals surface area contributed by atoms with Crippen molar-refractivity contribution in [1.29, 1.82) is 0 Å². The molecule has 41 heavy (non-hydrogen) atoms. The van der Waals surface area contributed by atoms with Crippen LogP contribution in [0.25, 0.3) is 10.1 Å². The minimum absolute atomic E-state index is 0.0305. The number of nitrogens with two attached hydrogens (primary N) is 3.